The molecule has 2 heterocycles. The van der Waals surface area contributed by atoms with E-state index in [0.717, 1.165) is 12.1 Å². The van der Waals surface area contributed by atoms with Crippen molar-refractivity contribution in [2.45, 2.75) is 12.2 Å². The van der Waals surface area contributed by atoms with E-state index in [9.17, 15) is 22.8 Å². The number of halogens is 5. The highest BCUT2D eigenvalue weighted by Crippen LogP contribution is 2.36. The fourth-order valence-electron chi connectivity index (χ4n) is 2.83. The summed E-state index contributed by atoms with van der Waals surface area (Å²) < 4.78 is 41.9. The Bertz CT molecular complexity index is 1160. The number of aromatic nitrogens is 2. The molecule has 0 saturated carbocycles. The molecular formula is C20H14Cl2F3N3O2. The molecule has 2 aromatic heterocycles. The van der Waals surface area contributed by atoms with E-state index in [1.54, 1.807) is 0 Å². The second-order valence-corrected chi connectivity index (χ2v) is 7.20. The Balaban J connectivity index is 2.11. The van der Waals surface area contributed by atoms with E-state index in [-0.39, 0.29) is 26.7 Å². The Morgan fingerprint density at radius 2 is 1.87 bits per heavy atom. The first-order chi connectivity index (χ1) is 14.1. The van der Waals surface area contributed by atoms with Crippen LogP contribution in [0.4, 0.5) is 13.2 Å². The third-order valence-electron chi connectivity index (χ3n) is 4.32. The number of nitrogens with zero attached hydrogens (tertiary/aromatic N) is 2. The smallest absolute Gasteiger partial charge is 0.339 e. The van der Waals surface area contributed by atoms with Gasteiger partial charge < -0.3 is 9.88 Å². The summed E-state index contributed by atoms with van der Waals surface area (Å²) in [5, 5.41) is 2.87. The molecule has 0 aliphatic heterocycles. The van der Waals surface area contributed by atoms with Crippen molar-refractivity contribution in [2.75, 3.05) is 0 Å². The second-order valence-electron chi connectivity index (χ2n) is 6.38. The molecule has 3 rings (SSSR count). The summed E-state index contributed by atoms with van der Waals surface area (Å²) in [7, 11) is 1.45. The number of amides is 1. The Morgan fingerprint density at radius 1 is 1.13 bits per heavy atom. The molecule has 5 nitrogen and oxygen atoms in total. The largest absolute Gasteiger partial charge is 0.418 e. The van der Waals surface area contributed by atoms with E-state index in [1.165, 1.54) is 54.3 Å². The minimum atomic E-state index is -4.70. The molecule has 0 radical (unpaired) electrons. The van der Waals surface area contributed by atoms with Crippen LogP contribution in [0.2, 0.25) is 10.0 Å². The number of aryl methyl sites for hydroxylation is 1. The average molecular weight is 456 g/mol. The van der Waals surface area contributed by atoms with Crippen LogP contribution in [0.3, 0.4) is 0 Å². The van der Waals surface area contributed by atoms with Gasteiger partial charge in [0.15, 0.2) is 0 Å². The van der Waals surface area contributed by atoms with E-state index in [0.29, 0.717) is 0 Å². The van der Waals surface area contributed by atoms with Crippen LogP contribution in [0.1, 0.15) is 33.2 Å². The second kappa shape index (κ2) is 8.49. The zero-order chi connectivity index (χ0) is 22.1. The number of nitrogens with one attached hydrogen (secondary N) is 1. The van der Waals surface area contributed by atoms with Crippen LogP contribution >= 0.6 is 23.2 Å². The summed E-state index contributed by atoms with van der Waals surface area (Å²) in [5.41, 5.74) is -1.39. The van der Waals surface area contributed by atoms with Gasteiger partial charge >= 0.3 is 6.18 Å². The maximum atomic E-state index is 13.6. The van der Waals surface area contributed by atoms with Gasteiger partial charge in [0.2, 0.25) is 5.56 Å². The number of hydrogen-bond donors (Lipinski definition) is 1. The maximum absolute atomic E-state index is 13.6. The van der Waals surface area contributed by atoms with Crippen LogP contribution in [0.5, 0.6) is 0 Å². The molecule has 0 spiro atoms. The molecular weight excluding hydrogens is 442 g/mol. The SMILES string of the molecule is Cn1cc(C(=O)N[C@@H](c2ccc(Cl)c(Cl)c2)c2ncccc2C(F)(F)F)ccc1=O. The lowest BCUT2D eigenvalue weighted by atomic mass is 9.98. The van der Waals surface area contributed by atoms with E-state index >= 15 is 0 Å². The predicted molar refractivity (Wildman–Crippen MR) is 107 cm³/mol. The van der Waals surface area contributed by atoms with Crippen molar-refractivity contribution >= 4 is 29.1 Å². The molecule has 0 bridgehead atoms. The summed E-state index contributed by atoms with van der Waals surface area (Å²) in [6.07, 6.45) is -2.21. The van der Waals surface area contributed by atoms with Crippen LogP contribution in [0.25, 0.3) is 0 Å². The van der Waals surface area contributed by atoms with Crippen molar-refractivity contribution in [3.63, 3.8) is 0 Å². The van der Waals surface area contributed by atoms with Gasteiger partial charge in [-0.1, -0.05) is 29.3 Å². The summed E-state index contributed by atoms with van der Waals surface area (Å²) in [6, 6.07) is 7.47. The van der Waals surface area contributed by atoms with Crippen LogP contribution in [0.15, 0.2) is 59.7 Å². The average Bonchev–Trinajstić information content (AvgIpc) is 2.69. The Morgan fingerprint density at radius 3 is 2.50 bits per heavy atom. The summed E-state index contributed by atoms with van der Waals surface area (Å²) in [6.45, 7) is 0. The van der Waals surface area contributed by atoms with Crippen molar-refractivity contribution in [1.82, 2.24) is 14.9 Å². The minimum absolute atomic E-state index is 0.0895. The molecule has 10 heteroatoms. The van der Waals surface area contributed by atoms with Gasteiger partial charge in [0.25, 0.3) is 5.91 Å². The van der Waals surface area contributed by atoms with Crippen LogP contribution in [0, 0.1) is 0 Å². The standard InChI is InChI=1S/C20H14Cl2F3N3O2/c1-28-10-12(5-7-16(28)29)19(30)27-17(11-4-6-14(21)15(22)9-11)18-13(20(23,24)25)3-2-8-26-18/h2-10,17H,1H3,(H,27,30)/t17-/m0/s1. The van der Waals surface area contributed by atoms with E-state index in [2.05, 4.69) is 10.3 Å². The zero-order valence-electron chi connectivity index (χ0n) is 15.4. The van der Waals surface area contributed by atoms with Gasteiger partial charge in [-0.3, -0.25) is 14.6 Å². The molecule has 1 amide bonds. The topological polar surface area (TPSA) is 64.0 Å². The zero-order valence-corrected chi connectivity index (χ0v) is 16.9. The third-order valence-corrected chi connectivity index (χ3v) is 5.06. The van der Waals surface area contributed by atoms with E-state index in [1.807, 2.05) is 0 Å². The molecule has 156 valence electrons. The van der Waals surface area contributed by atoms with Crippen molar-refractivity contribution < 1.29 is 18.0 Å². The molecule has 30 heavy (non-hydrogen) atoms. The van der Waals surface area contributed by atoms with Gasteiger partial charge in [0.05, 0.1) is 32.9 Å². The van der Waals surface area contributed by atoms with Crippen molar-refractivity contribution in [3.05, 3.63) is 97.6 Å². The molecule has 3 aromatic rings. The van der Waals surface area contributed by atoms with Crippen molar-refractivity contribution in [1.29, 1.82) is 0 Å². The first-order valence-corrected chi connectivity index (χ1v) is 9.28. The summed E-state index contributed by atoms with van der Waals surface area (Å²) in [4.78, 5) is 28.2. The summed E-state index contributed by atoms with van der Waals surface area (Å²) >= 11 is 12.0. The van der Waals surface area contributed by atoms with Gasteiger partial charge in [-0.15, -0.1) is 0 Å². The Kier molecular flexibility index (Phi) is 6.19. The fraction of sp³-hybridized carbons (Fsp3) is 0.150. The van der Waals surface area contributed by atoms with E-state index < -0.39 is 29.4 Å². The third kappa shape index (κ3) is 4.66. The molecule has 0 saturated heterocycles. The molecule has 1 atom stereocenters. The van der Waals surface area contributed by atoms with Crippen LogP contribution in [-0.2, 0) is 13.2 Å². The number of hydrogen-bond acceptors (Lipinski definition) is 3. The first kappa shape index (κ1) is 21.9. The van der Waals surface area contributed by atoms with Crippen molar-refractivity contribution in [3.8, 4) is 0 Å². The summed E-state index contributed by atoms with van der Waals surface area (Å²) in [5.74, 6) is -0.694. The van der Waals surface area contributed by atoms with Gasteiger partial charge in [-0.05, 0) is 35.9 Å². The van der Waals surface area contributed by atoms with Crippen LogP contribution in [-0.4, -0.2) is 15.5 Å². The Labute approximate surface area is 179 Å². The lowest BCUT2D eigenvalue weighted by Gasteiger charge is -2.23. The molecule has 0 aliphatic rings. The molecule has 0 fully saturated rings. The monoisotopic (exact) mass is 455 g/mol. The molecule has 0 unspecified atom stereocenters. The molecule has 1 N–H and O–H groups in total. The number of pyridine rings is 2. The maximum Gasteiger partial charge on any atom is 0.418 e. The first-order valence-electron chi connectivity index (χ1n) is 8.52. The Hall–Kier alpha value is -2.84. The minimum Gasteiger partial charge on any atom is -0.339 e. The highest BCUT2D eigenvalue weighted by atomic mass is 35.5. The lowest BCUT2D eigenvalue weighted by Crippen LogP contribution is -2.32. The van der Waals surface area contributed by atoms with Crippen molar-refractivity contribution in [2.24, 2.45) is 7.05 Å². The number of alkyl halides is 3. The quantitative estimate of drug-likeness (QED) is 0.623. The fourth-order valence-corrected chi connectivity index (χ4v) is 3.14. The highest BCUT2D eigenvalue weighted by molar-refractivity contribution is 6.42. The van der Waals surface area contributed by atoms with E-state index in [4.69, 9.17) is 23.2 Å². The normalized spacial score (nSPS) is 12.5. The number of carbonyl (C=O) groups excluding carboxylic acids is 1. The number of benzene rings is 1. The van der Waals surface area contributed by atoms with Crippen LogP contribution < -0.4 is 10.9 Å². The highest BCUT2D eigenvalue weighted by Gasteiger charge is 2.37. The van der Waals surface area contributed by atoms with Gasteiger partial charge in [0, 0.05) is 25.5 Å². The molecule has 1 aromatic carbocycles. The van der Waals surface area contributed by atoms with Gasteiger partial charge in [-0.2, -0.15) is 13.2 Å². The predicted octanol–water partition coefficient (Wildman–Crippen LogP) is 4.63. The molecule has 0 aliphatic carbocycles. The van der Waals surface area contributed by atoms with Gasteiger partial charge in [-0.25, -0.2) is 0 Å². The lowest BCUT2D eigenvalue weighted by molar-refractivity contribution is -0.138. The van der Waals surface area contributed by atoms with Gasteiger partial charge in [0.1, 0.15) is 0 Å². The number of rotatable bonds is 4. The number of carbonyl (C=O) groups is 1.